The molecule has 2 aliphatic heterocycles. The summed E-state index contributed by atoms with van der Waals surface area (Å²) in [6.07, 6.45) is 6.25. The van der Waals surface area contributed by atoms with E-state index in [1.807, 2.05) is 28.9 Å². The number of ether oxygens (including phenoxy) is 1. The zero-order chi connectivity index (χ0) is 18.6. The molecular weight excluding hydrogens is 332 g/mol. The van der Waals surface area contributed by atoms with Crippen LogP contribution in [0.1, 0.15) is 24.8 Å². The molecule has 2 aliphatic rings. The number of nitrogens with zero attached hydrogens (tertiary/aromatic N) is 4. The van der Waals surface area contributed by atoms with E-state index in [0.717, 1.165) is 57.7 Å². The Labute approximate surface area is 155 Å². The van der Waals surface area contributed by atoms with Crippen molar-refractivity contribution in [2.75, 3.05) is 53.0 Å². The third kappa shape index (κ3) is 4.27. The van der Waals surface area contributed by atoms with Crippen LogP contribution in [-0.2, 0) is 16.1 Å². The SMILES string of the molecule is COCCN1CC(CO)C2(CCN(C(=O)CCn3cc(C)cn3)CC2)C1. The van der Waals surface area contributed by atoms with Gasteiger partial charge in [0.15, 0.2) is 0 Å². The molecule has 3 heterocycles. The Hall–Kier alpha value is -1.44. The van der Waals surface area contributed by atoms with Crippen molar-refractivity contribution in [2.45, 2.75) is 32.7 Å². The second-order valence-corrected chi connectivity index (χ2v) is 7.88. The van der Waals surface area contributed by atoms with Crippen LogP contribution in [0.2, 0.25) is 0 Å². The largest absolute Gasteiger partial charge is 0.396 e. The van der Waals surface area contributed by atoms with Crippen molar-refractivity contribution in [1.82, 2.24) is 19.6 Å². The van der Waals surface area contributed by atoms with Crippen LogP contribution in [0.15, 0.2) is 12.4 Å². The number of methoxy groups -OCH3 is 1. The van der Waals surface area contributed by atoms with Gasteiger partial charge in [0, 0.05) is 71.5 Å². The van der Waals surface area contributed by atoms with E-state index in [4.69, 9.17) is 4.74 Å². The van der Waals surface area contributed by atoms with Crippen LogP contribution in [0, 0.1) is 18.3 Å². The first-order valence-corrected chi connectivity index (χ1v) is 9.65. The molecule has 0 aliphatic carbocycles. The van der Waals surface area contributed by atoms with E-state index in [1.54, 1.807) is 7.11 Å². The highest BCUT2D eigenvalue weighted by atomic mass is 16.5. The van der Waals surface area contributed by atoms with Crippen molar-refractivity contribution in [3.8, 4) is 0 Å². The monoisotopic (exact) mass is 364 g/mol. The molecule has 1 amide bonds. The minimum atomic E-state index is 0.151. The van der Waals surface area contributed by atoms with Crippen molar-refractivity contribution in [3.05, 3.63) is 18.0 Å². The number of piperidine rings is 1. The summed E-state index contributed by atoms with van der Waals surface area (Å²) in [5.74, 6) is 0.520. The normalized spacial score (nSPS) is 23.0. The molecule has 7 nitrogen and oxygen atoms in total. The lowest BCUT2D eigenvalue weighted by Gasteiger charge is -2.42. The quantitative estimate of drug-likeness (QED) is 0.774. The summed E-state index contributed by atoms with van der Waals surface area (Å²) in [5, 5.41) is 14.1. The lowest BCUT2D eigenvalue weighted by Crippen LogP contribution is -2.47. The number of carbonyl (C=O) groups is 1. The second kappa shape index (κ2) is 8.50. The third-order valence-corrected chi connectivity index (χ3v) is 6.14. The van der Waals surface area contributed by atoms with Crippen molar-refractivity contribution < 1.29 is 14.6 Å². The lowest BCUT2D eigenvalue weighted by molar-refractivity contribution is -0.134. The van der Waals surface area contributed by atoms with Gasteiger partial charge in [-0.3, -0.25) is 9.48 Å². The summed E-state index contributed by atoms with van der Waals surface area (Å²) in [5.41, 5.74) is 1.27. The van der Waals surface area contributed by atoms with Crippen molar-refractivity contribution >= 4 is 5.91 Å². The maximum Gasteiger partial charge on any atom is 0.224 e. The summed E-state index contributed by atoms with van der Waals surface area (Å²) >= 11 is 0. The Morgan fingerprint density at radius 3 is 2.77 bits per heavy atom. The predicted molar refractivity (Wildman–Crippen MR) is 98.7 cm³/mol. The minimum Gasteiger partial charge on any atom is -0.396 e. The zero-order valence-corrected chi connectivity index (χ0v) is 16.1. The Bertz CT molecular complexity index is 595. The van der Waals surface area contributed by atoms with Gasteiger partial charge in [-0.1, -0.05) is 0 Å². The number of carbonyl (C=O) groups excluding carboxylic acids is 1. The summed E-state index contributed by atoms with van der Waals surface area (Å²) in [6.45, 7) is 8.06. The molecule has 3 rings (SSSR count). The molecule has 146 valence electrons. The number of aryl methyl sites for hydroxylation is 2. The molecular formula is C19H32N4O3. The summed E-state index contributed by atoms with van der Waals surface area (Å²) in [7, 11) is 1.73. The van der Waals surface area contributed by atoms with Gasteiger partial charge in [0.1, 0.15) is 0 Å². The molecule has 26 heavy (non-hydrogen) atoms. The lowest BCUT2D eigenvalue weighted by atomic mass is 9.71. The van der Waals surface area contributed by atoms with Gasteiger partial charge < -0.3 is 19.6 Å². The minimum absolute atomic E-state index is 0.151. The average Bonchev–Trinajstić information content (AvgIpc) is 3.22. The maximum absolute atomic E-state index is 12.5. The van der Waals surface area contributed by atoms with E-state index in [-0.39, 0.29) is 17.9 Å². The highest BCUT2D eigenvalue weighted by molar-refractivity contribution is 5.76. The summed E-state index contributed by atoms with van der Waals surface area (Å²) in [4.78, 5) is 16.9. The molecule has 0 radical (unpaired) electrons. The van der Waals surface area contributed by atoms with Crippen molar-refractivity contribution in [1.29, 1.82) is 0 Å². The third-order valence-electron chi connectivity index (χ3n) is 6.14. The first-order valence-electron chi connectivity index (χ1n) is 9.65. The smallest absolute Gasteiger partial charge is 0.224 e. The van der Waals surface area contributed by atoms with E-state index in [1.165, 1.54) is 0 Å². The first-order chi connectivity index (χ1) is 12.6. The Morgan fingerprint density at radius 2 is 2.15 bits per heavy atom. The van der Waals surface area contributed by atoms with Gasteiger partial charge in [-0.05, 0) is 30.7 Å². The molecule has 2 saturated heterocycles. The fourth-order valence-electron chi connectivity index (χ4n) is 4.51. The van der Waals surface area contributed by atoms with E-state index < -0.39 is 0 Å². The summed E-state index contributed by atoms with van der Waals surface area (Å²) < 4.78 is 7.04. The predicted octanol–water partition coefficient (Wildman–Crippen LogP) is 0.761. The van der Waals surface area contributed by atoms with E-state index >= 15 is 0 Å². The molecule has 1 N–H and O–H groups in total. The van der Waals surface area contributed by atoms with E-state index in [9.17, 15) is 9.90 Å². The molecule has 1 aromatic rings. The van der Waals surface area contributed by atoms with Crippen LogP contribution < -0.4 is 0 Å². The van der Waals surface area contributed by atoms with Crippen molar-refractivity contribution in [3.63, 3.8) is 0 Å². The molecule has 7 heteroatoms. The molecule has 1 atom stereocenters. The van der Waals surface area contributed by atoms with Crippen LogP contribution in [0.4, 0.5) is 0 Å². The molecule has 1 aromatic heterocycles. The van der Waals surface area contributed by atoms with Gasteiger partial charge >= 0.3 is 0 Å². The standard InChI is InChI=1S/C19H32N4O3/c1-16-11-20-23(12-16)6-3-18(25)22-7-4-19(5-8-22)15-21(9-10-26-2)13-17(19)14-24/h11-12,17,24H,3-10,13-15H2,1-2H3. The number of amides is 1. The number of rotatable bonds is 7. The number of aromatic nitrogens is 2. The van der Waals surface area contributed by atoms with Gasteiger partial charge in [0.25, 0.3) is 0 Å². The molecule has 2 fully saturated rings. The van der Waals surface area contributed by atoms with Crippen LogP contribution in [0.3, 0.4) is 0 Å². The molecule has 0 bridgehead atoms. The molecule has 0 saturated carbocycles. The highest BCUT2D eigenvalue weighted by Crippen LogP contribution is 2.44. The molecule has 1 unspecified atom stereocenters. The van der Waals surface area contributed by atoms with Gasteiger partial charge in [-0.15, -0.1) is 0 Å². The average molecular weight is 364 g/mol. The second-order valence-electron chi connectivity index (χ2n) is 7.88. The molecule has 0 aromatic carbocycles. The van der Waals surface area contributed by atoms with E-state index in [2.05, 4.69) is 10.00 Å². The van der Waals surface area contributed by atoms with Crippen molar-refractivity contribution in [2.24, 2.45) is 11.3 Å². The number of aliphatic hydroxyl groups is 1. The maximum atomic E-state index is 12.5. The van der Waals surface area contributed by atoms with Gasteiger partial charge in [0.2, 0.25) is 5.91 Å². The Kier molecular flexibility index (Phi) is 6.32. The fourth-order valence-corrected chi connectivity index (χ4v) is 4.51. The van der Waals surface area contributed by atoms with Crippen LogP contribution in [0.5, 0.6) is 0 Å². The van der Waals surface area contributed by atoms with Gasteiger partial charge in [0.05, 0.1) is 12.8 Å². The topological polar surface area (TPSA) is 70.8 Å². The number of likely N-dealkylation sites (tertiary alicyclic amines) is 2. The number of hydrogen-bond acceptors (Lipinski definition) is 5. The fraction of sp³-hybridized carbons (Fsp3) is 0.789. The van der Waals surface area contributed by atoms with Crippen LogP contribution in [-0.4, -0.2) is 83.6 Å². The van der Waals surface area contributed by atoms with Crippen LogP contribution in [0.25, 0.3) is 0 Å². The number of hydrogen-bond donors (Lipinski definition) is 1. The Balaban J connectivity index is 1.50. The van der Waals surface area contributed by atoms with Gasteiger partial charge in [-0.2, -0.15) is 5.10 Å². The highest BCUT2D eigenvalue weighted by Gasteiger charge is 2.47. The summed E-state index contributed by atoms with van der Waals surface area (Å²) in [6, 6.07) is 0. The first kappa shape index (κ1) is 19.3. The Morgan fingerprint density at radius 1 is 1.38 bits per heavy atom. The zero-order valence-electron chi connectivity index (χ0n) is 16.1. The van der Waals surface area contributed by atoms with E-state index in [0.29, 0.717) is 18.9 Å². The van der Waals surface area contributed by atoms with Crippen LogP contribution >= 0.6 is 0 Å². The van der Waals surface area contributed by atoms with Gasteiger partial charge in [-0.25, -0.2) is 0 Å². The molecule has 1 spiro atoms. The number of aliphatic hydroxyl groups excluding tert-OH is 1.